The van der Waals surface area contributed by atoms with Crippen LogP contribution < -0.4 is 5.73 Å². The Bertz CT molecular complexity index is 319. The lowest BCUT2D eigenvalue weighted by molar-refractivity contribution is 0.318. The molecule has 68 valence electrons. The summed E-state index contributed by atoms with van der Waals surface area (Å²) in [6, 6.07) is 6.73. The summed E-state index contributed by atoms with van der Waals surface area (Å²) in [5, 5.41) is 13.9. The van der Waals surface area contributed by atoms with Crippen LogP contribution in [0.25, 0.3) is 0 Å². The van der Waals surface area contributed by atoms with Crippen molar-refractivity contribution < 1.29 is 5.21 Å². The maximum absolute atomic E-state index is 9.91. The van der Waals surface area contributed by atoms with Gasteiger partial charge in [0.1, 0.15) is 6.54 Å². The van der Waals surface area contributed by atoms with Gasteiger partial charge in [-0.2, -0.15) is 4.91 Å². The second-order valence-corrected chi connectivity index (χ2v) is 2.47. The average molecular weight is 179 g/mol. The standard InChI is InChI=1S/C8H9N3O2/c9-8(11-13)7-3-1-6(2-4-7)5-10-12/h1-4,13H,5H2,(H2,9,11). The Labute approximate surface area is 74.8 Å². The molecule has 1 aromatic carbocycles. The molecule has 13 heavy (non-hydrogen) atoms. The van der Waals surface area contributed by atoms with Gasteiger partial charge in [-0.3, -0.25) is 0 Å². The van der Waals surface area contributed by atoms with Gasteiger partial charge in [0.05, 0.1) is 0 Å². The number of nitrogens with zero attached hydrogens (tertiary/aromatic N) is 2. The Morgan fingerprint density at radius 1 is 1.38 bits per heavy atom. The fraction of sp³-hybridized carbons (Fsp3) is 0.125. The Balaban J connectivity index is 2.87. The van der Waals surface area contributed by atoms with E-state index < -0.39 is 0 Å². The van der Waals surface area contributed by atoms with Crippen molar-refractivity contribution >= 4 is 5.84 Å². The Morgan fingerprint density at radius 2 is 2.00 bits per heavy atom. The molecule has 1 rings (SSSR count). The molecule has 0 saturated heterocycles. The van der Waals surface area contributed by atoms with Crippen molar-refractivity contribution in [3.05, 3.63) is 40.3 Å². The predicted octanol–water partition coefficient (Wildman–Crippen LogP) is 1.05. The summed E-state index contributed by atoms with van der Waals surface area (Å²) in [6.45, 7) is 0.135. The van der Waals surface area contributed by atoms with Gasteiger partial charge in [0.25, 0.3) is 0 Å². The number of amidine groups is 1. The minimum atomic E-state index is 0.0469. The number of nitroso groups, excluding NO2 is 1. The molecule has 0 atom stereocenters. The van der Waals surface area contributed by atoms with E-state index in [1.54, 1.807) is 24.3 Å². The van der Waals surface area contributed by atoms with E-state index >= 15 is 0 Å². The van der Waals surface area contributed by atoms with Gasteiger partial charge >= 0.3 is 0 Å². The number of nitrogens with two attached hydrogens (primary N) is 1. The Hall–Kier alpha value is -1.91. The summed E-state index contributed by atoms with van der Waals surface area (Å²) >= 11 is 0. The monoisotopic (exact) mass is 179 g/mol. The van der Waals surface area contributed by atoms with Gasteiger partial charge in [0.15, 0.2) is 5.84 Å². The van der Waals surface area contributed by atoms with E-state index in [0.717, 1.165) is 5.56 Å². The molecule has 0 unspecified atom stereocenters. The molecular weight excluding hydrogens is 170 g/mol. The third-order valence-electron chi connectivity index (χ3n) is 1.60. The molecule has 0 bridgehead atoms. The van der Waals surface area contributed by atoms with Crippen molar-refractivity contribution in [1.82, 2.24) is 0 Å². The molecule has 0 saturated carbocycles. The summed E-state index contributed by atoms with van der Waals surface area (Å²) in [4.78, 5) is 9.91. The SMILES string of the molecule is NC(=NO)c1ccc(CN=O)cc1. The number of benzene rings is 1. The van der Waals surface area contributed by atoms with Gasteiger partial charge in [0, 0.05) is 5.56 Å². The molecule has 5 heteroatoms. The van der Waals surface area contributed by atoms with Crippen LogP contribution in [0.3, 0.4) is 0 Å². The lowest BCUT2D eigenvalue weighted by Crippen LogP contribution is -2.12. The smallest absolute Gasteiger partial charge is 0.170 e. The Kier molecular flexibility index (Phi) is 2.97. The molecule has 0 aliphatic carbocycles. The van der Waals surface area contributed by atoms with E-state index in [-0.39, 0.29) is 12.4 Å². The van der Waals surface area contributed by atoms with Crippen LogP contribution in [-0.4, -0.2) is 11.0 Å². The Morgan fingerprint density at radius 3 is 2.46 bits per heavy atom. The lowest BCUT2D eigenvalue weighted by Gasteiger charge is -1.98. The second-order valence-electron chi connectivity index (χ2n) is 2.47. The van der Waals surface area contributed by atoms with Crippen molar-refractivity contribution in [3.8, 4) is 0 Å². The molecular formula is C8H9N3O2. The van der Waals surface area contributed by atoms with Crippen LogP contribution in [0.5, 0.6) is 0 Å². The highest BCUT2D eigenvalue weighted by Gasteiger charge is 1.98. The van der Waals surface area contributed by atoms with E-state index in [2.05, 4.69) is 10.3 Å². The maximum atomic E-state index is 9.91. The van der Waals surface area contributed by atoms with E-state index in [0.29, 0.717) is 5.56 Å². The molecule has 0 radical (unpaired) electrons. The van der Waals surface area contributed by atoms with Crippen molar-refractivity contribution in [3.63, 3.8) is 0 Å². The van der Waals surface area contributed by atoms with Crippen LogP contribution in [0.1, 0.15) is 11.1 Å². The van der Waals surface area contributed by atoms with Crippen LogP contribution in [0.15, 0.2) is 34.6 Å². The zero-order valence-electron chi connectivity index (χ0n) is 6.84. The molecule has 0 aliphatic heterocycles. The first-order chi connectivity index (χ1) is 6.27. The third-order valence-corrected chi connectivity index (χ3v) is 1.60. The highest BCUT2D eigenvalue weighted by atomic mass is 16.4. The van der Waals surface area contributed by atoms with Crippen LogP contribution >= 0.6 is 0 Å². The predicted molar refractivity (Wildman–Crippen MR) is 48.5 cm³/mol. The fourth-order valence-corrected chi connectivity index (χ4v) is 0.913. The summed E-state index contributed by atoms with van der Waals surface area (Å²) < 4.78 is 0. The van der Waals surface area contributed by atoms with Crippen LogP contribution in [-0.2, 0) is 6.54 Å². The maximum Gasteiger partial charge on any atom is 0.170 e. The van der Waals surface area contributed by atoms with E-state index in [4.69, 9.17) is 10.9 Å². The average Bonchev–Trinajstić information content (AvgIpc) is 2.18. The largest absolute Gasteiger partial charge is 0.409 e. The normalized spacial score (nSPS) is 11.2. The highest BCUT2D eigenvalue weighted by molar-refractivity contribution is 5.96. The van der Waals surface area contributed by atoms with Gasteiger partial charge in [-0.05, 0) is 5.56 Å². The van der Waals surface area contributed by atoms with Gasteiger partial charge in [-0.25, -0.2) is 0 Å². The molecule has 3 N–H and O–H groups in total. The first-order valence-corrected chi connectivity index (χ1v) is 3.64. The zero-order chi connectivity index (χ0) is 9.68. The number of oxime groups is 1. The molecule has 0 amide bonds. The molecule has 0 fully saturated rings. The minimum Gasteiger partial charge on any atom is -0.409 e. The summed E-state index contributed by atoms with van der Waals surface area (Å²) in [6.07, 6.45) is 0. The van der Waals surface area contributed by atoms with Crippen LogP contribution in [0, 0.1) is 4.91 Å². The van der Waals surface area contributed by atoms with E-state index in [1.165, 1.54) is 0 Å². The molecule has 0 heterocycles. The third kappa shape index (κ3) is 2.26. The van der Waals surface area contributed by atoms with Gasteiger partial charge in [-0.15, -0.1) is 0 Å². The number of hydrogen-bond acceptors (Lipinski definition) is 4. The van der Waals surface area contributed by atoms with Gasteiger partial charge < -0.3 is 10.9 Å². The van der Waals surface area contributed by atoms with Crippen molar-refractivity contribution in [2.75, 3.05) is 0 Å². The molecule has 0 aliphatic rings. The quantitative estimate of drug-likeness (QED) is 0.239. The van der Waals surface area contributed by atoms with Crippen molar-refractivity contribution in [2.45, 2.75) is 6.54 Å². The molecule has 5 nitrogen and oxygen atoms in total. The first-order valence-electron chi connectivity index (χ1n) is 3.64. The molecule has 0 aromatic heterocycles. The highest BCUT2D eigenvalue weighted by Crippen LogP contribution is 2.04. The van der Waals surface area contributed by atoms with Gasteiger partial charge in [-0.1, -0.05) is 34.6 Å². The topological polar surface area (TPSA) is 88.0 Å². The first kappa shape index (κ1) is 9.18. The van der Waals surface area contributed by atoms with Crippen LogP contribution in [0.4, 0.5) is 0 Å². The van der Waals surface area contributed by atoms with Gasteiger partial charge in [0.2, 0.25) is 0 Å². The van der Waals surface area contributed by atoms with E-state index in [1.807, 2.05) is 0 Å². The molecule has 0 spiro atoms. The van der Waals surface area contributed by atoms with E-state index in [9.17, 15) is 4.91 Å². The molecule has 1 aromatic rings. The summed E-state index contributed by atoms with van der Waals surface area (Å²) in [5.41, 5.74) is 6.74. The summed E-state index contributed by atoms with van der Waals surface area (Å²) in [7, 11) is 0. The zero-order valence-corrected chi connectivity index (χ0v) is 6.84. The minimum absolute atomic E-state index is 0.0469. The second kappa shape index (κ2) is 4.20. The van der Waals surface area contributed by atoms with Crippen molar-refractivity contribution in [2.24, 2.45) is 16.1 Å². The number of hydrogen-bond donors (Lipinski definition) is 2. The summed E-state index contributed by atoms with van der Waals surface area (Å²) in [5.74, 6) is 0.0469. The fourth-order valence-electron chi connectivity index (χ4n) is 0.913. The van der Waals surface area contributed by atoms with Crippen LogP contribution in [0.2, 0.25) is 0 Å². The number of rotatable bonds is 3. The lowest BCUT2D eigenvalue weighted by atomic mass is 10.1. The van der Waals surface area contributed by atoms with Crippen molar-refractivity contribution in [1.29, 1.82) is 0 Å².